The van der Waals surface area contributed by atoms with Crippen molar-refractivity contribution in [3.05, 3.63) is 0 Å². The Kier molecular flexibility index (Phi) is 4.51. The third-order valence-corrected chi connectivity index (χ3v) is 1.36. The van der Waals surface area contributed by atoms with Gasteiger partial charge >= 0.3 is 0 Å². The quantitative estimate of drug-likeness (QED) is 0.630. The van der Waals surface area contributed by atoms with Gasteiger partial charge in [-0.2, -0.15) is 0 Å². The zero-order chi connectivity index (χ0) is 9.72. The third-order valence-electron chi connectivity index (χ3n) is 1.36. The molecule has 0 spiro atoms. The topological polar surface area (TPSA) is 72.2 Å². The number of carbonyl (C=O) groups is 2. The molecular formula is C8H16N2O2. The lowest BCUT2D eigenvalue weighted by atomic mass is 10.0. The Morgan fingerprint density at radius 3 is 2.25 bits per heavy atom. The molecule has 0 radical (unpaired) electrons. The highest BCUT2D eigenvalue weighted by Crippen LogP contribution is 2.01. The van der Waals surface area contributed by atoms with Gasteiger partial charge < -0.3 is 5.73 Å². The van der Waals surface area contributed by atoms with Gasteiger partial charge in [0.15, 0.2) is 0 Å². The number of rotatable bonds is 3. The number of hydrogen-bond donors (Lipinski definition) is 2. The molecule has 0 aromatic heterocycles. The molecule has 3 N–H and O–H groups in total. The van der Waals surface area contributed by atoms with Crippen molar-refractivity contribution in [1.29, 1.82) is 0 Å². The van der Waals surface area contributed by atoms with E-state index in [9.17, 15) is 9.59 Å². The largest absolute Gasteiger partial charge is 0.320 e. The lowest BCUT2D eigenvalue weighted by Crippen LogP contribution is -2.43. The Bertz CT molecular complexity index is 178. The van der Waals surface area contributed by atoms with E-state index in [0.717, 1.165) is 0 Å². The fourth-order valence-electron chi connectivity index (χ4n) is 0.881. The predicted octanol–water partition coefficient (Wildman–Crippen LogP) is 0.0225. The van der Waals surface area contributed by atoms with E-state index in [1.165, 1.54) is 6.92 Å². The number of nitrogens with one attached hydrogen (secondary N) is 1. The van der Waals surface area contributed by atoms with Crippen LogP contribution in [0.4, 0.5) is 0 Å². The van der Waals surface area contributed by atoms with Gasteiger partial charge in [0.25, 0.3) is 0 Å². The molecule has 0 aromatic carbocycles. The van der Waals surface area contributed by atoms with E-state index in [0.29, 0.717) is 12.3 Å². The van der Waals surface area contributed by atoms with Gasteiger partial charge in [0.05, 0.1) is 6.04 Å². The zero-order valence-electron chi connectivity index (χ0n) is 7.76. The molecule has 0 aliphatic rings. The molecule has 4 nitrogen and oxygen atoms in total. The second-order valence-electron chi connectivity index (χ2n) is 3.28. The van der Waals surface area contributed by atoms with E-state index in [-0.39, 0.29) is 5.91 Å². The predicted molar refractivity (Wildman–Crippen MR) is 46.3 cm³/mol. The zero-order valence-corrected chi connectivity index (χ0v) is 7.76. The molecular weight excluding hydrogens is 156 g/mol. The molecule has 0 unspecified atom stereocenters. The van der Waals surface area contributed by atoms with Crippen molar-refractivity contribution >= 4 is 11.8 Å². The third kappa shape index (κ3) is 4.85. The fourth-order valence-corrected chi connectivity index (χ4v) is 0.881. The molecule has 2 amide bonds. The Hall–Kier alpha value is -0.900. The lowest BCUT2D eigenvalue weighted by Gasteiger charge is -2.12. The van der Waals surface area contributed by atoms with Crippen LogP contribution >= 0.6 is 0 Å². The van der Waals surface area contributed by atoms with Crippen molar-refractivity contribution < 1.29 is 9.59 Å². The second kappa shape index (κ2) is 4.87. The van der Waals surface area contributed by atoms with Crippen molar-refractivity contribution in [1.82, 2.24) is 5.32 Å². The first-order chi connectivity index (χ1) is 5.43. The van der Waals surface area contributed by atoms with E-state index in [1.807, 2.05) is 13.8 Å². The molecule has 0 bridgehead atoms. The van der Waals surface area contributed by atoms with Gasteiger partial charge in [0.1, 0.15) is 0 Å². The summed E-state index contributed by atoms with van der Waals surface area (Å²) >= 11 is 0. The molecule has 0 aliphatic carbocycles. The van der Waals surface area contributed by atoms with E-state index < -0.39 is 11.9 Å². The summed E-state index contributed by atoms with van der Waals surface area (Å²) in [7, 11) is 0. The van der Waals surface area contributed by atoms with E-state index >= 15 is 0 Å². The molecule has 0 aromatic rings. The van der Waals surface area contributed by atoms with Crippen LogP contribution in [0.1, 0.15) is 27.2 Å². The van der Waals surface area contributed by atoms with Crippen LogP contribution < -0.4 is 11.1 Å². The van der Waals surface area contributed by atoms with Crippen molar-refractivity contribution in [2.24, 2.45) is 11.7 Å². The average molecular weight is 172 g/mol. The van der Waals surface area contributed by atoms with Crippen LogP contribution in [0.25, 0.3) is 0 Å². The second-order valence-corrected chi connectivity index (χ2v) is 3.28. The standard InChI is InChI=1S/C8H16N2O2/c1-5(2)4-7(9)8(12)10-6(3)11/h5,7H,4,9H2,1-3H3,(H,10,11,12)/t7-/m0/s1. The van der Waals surface area contributed by atoms with Gasteiger partial charge in [-0.1, -0.05) is 13.8 Å². The van der Waals surface area contributed by atoms with Crippen LogP contribution in [0.15, 0.2) is 0 Å². The number of amides is 2. The summed E-state index contributed by atoms with van der Waals surface area (Å²) in [5.74, 6) is -0.395. The van der Waals surface area contributed by atoms with Gasteiger partial charge in [-0.15, -0.1) is 0 Å². The van der Waals surface area contributed by atoms with Crippen molar-refractivity contribution in [3.8, 4) is 0 Å². The lowest BCUT2D eigenvalue weighted by molar-refractivity contribution is -0.130. The average Bonchev–Trinajstić information content (AvgIpc) is 1.84. The van der Waals surface area contributed by atoms with Crippen LogP contribution in [0.5, 0.6) is 0 Å². The molecule has 0 saturated heterocycles. The van der Waals surface area contributed by atoms with Crippen molar-refractivity contribution in [2.45, 2.75) is 33.2 Å². The Morgan fingerprint density at radius 1 is 1.42 bits per heavy atom. The van der Waals surface area contributed by atoms with Gasteiger partial charge in [0.2, 0.25) is 11.8 Å². The van der Waals surface area contributed by atoms with Gasteiger partial charge in [0, 0.05) is 6.92 Å². The number of carbonyl (C=O) groups excluding carboxylic acids is 2. The maximum atomic E-state index is 11.0. The fraction of sp³-hybridized carbons (Fsp3) is 0.750. The Morgan fingerprint density at radius 2 is 1.92 bits per heavy atom. The molecule has 0 rings (SSSR count). The number of hydrogen-bond acceptors (Lipinski definition) is 3. The summed E-state index contributed by atoms with van der Waals surface area (Å²) in [4.78, 5) is 21.5. The minimum atomic E-state index is -0.575. The normalized spacial score (nSPS) is 12.8. The van der Waals surface area contributed by atoms with Crippen LogP contribution in [0, 0.1) is 5.92 Å². The maximum absolute atomic E-state index is 11.0. The van der Waals surface area contributed by atoms with Crippen LogP contribution in [-0.2, 0) is 9.59 Å². The molecule has 70 valence electrons. The molecule has 12 heavy (non-hydrogen) atoms. The Balaban J connectivity index is 3.85. The summed E-state index contributed by atoms with van der Waals surface area (Å²) in [6.45, 7) is 5.24. The first-order valence-electron chi connectivity index (χ1n) is 4.00. The minimum absolute atomic E-state index is 0.359. The van der Waals surface area contributed by atoms with Crippen LogP contribution in [0.2, 0.25) is 0 Å². The number of imide groups is 1. The van der Waals surface area contributed by atoms with Crippen LogP contribution in [0.3, 0.4) is 0 Å². The van der Waals surface area contributed by atoms with Crippen molar-refractivity contribution in [2.75, 3.05) is 0 Å². The summed E-state index contributed by atoms with van der Waals surface area (Å²) in [6, 6.07) is -0.575. The molecule has 0 aliphatic heterocycles. The summed E-state index contributed by atoms with van der Waals surface area (Å²) < 4.78 is 0. The van der Waals surface area contributed by atoms with E-state index in [1.54, 1.807) is 0 Å². The Labute approximate surface area is 72.5 Å². The SMILES string of the molecule is CC(=O)NC(=O)[C@@H](N)CC(C)C. The van der Waals surface area contributed by atoms with E-state index in [4.69, 9.17) is 5.73 Å². The van der Waals surface area contributed by atoms with Gasteiger partial charge in [-0.3, -0.25) is 14.9 Å². The highest BCUT2D eigenvalue weighted by atomic mass is 16.2. The van der Waals surface area contributed by atoms with Crippen molar-refractivity contribution in [3.63, 3.8) is 0 Å². The smallest absolute Gasteiger partial charge is 0.243 e. The monoisotopic (exact) mass is 172 g/mol. The molecule has 4 heteroatoms. The molecule has 0 heterocycles. The molecule has 0 saturated carbocycles. The number of nitrogens with two attached hydrogens (primary N) is 1. The van der Waals surface area contributed by atoms with E-state index in [2.05, 4.69) is 5.32 Å². The summed E-state index contributed by atoms with van der Waals surface area (Å²) in [5.41, 5.74) is 5.50. The van der Waals surface area contributed by atoms with Gasteiger partial charge in [-0.25, -0.2) is 0 Å². The first kappa shape index (κ1) is 11.1. The van der Waals surface area contributed by atoms with Crippen LogP contribution in [-0.4, -0.2) is 17.9 Å². The summed E-state index contributed by atoms with van der Waals surface area (Å²) in [6.07, 6.45) is 0.596. The maximum Gasteiger partial charge on any atom is 0.243 e. The minimum Gasteiger partial charge on any atom is -0.320 e. The molecule has 0 fully saturated rings. The highest BCUT2D eigenvalue weighted by molar-refractivity contribution is 5.96. The summed E-state index contributed by atoms with van der Waals surface area (Å²) in [5, 5.41) is 2.15. The highest BCUT2D eigenvalue weighted by Gasteiger charge is 2.15. The molecule has 1 atom stereocenters. The first-order valence-corrected chi connectivity index (χ1v) is 4.00. The van der Waals surface area contributed by atoms with Gasteiger partial charge in [-0.05, 0) is 12.3 Å².